The van der Waals surface area contributed by atoms with Gasteiger partial charge in [-0.3, -0.25) is 0 Å². The van der Waals surface area contributed by atoms with Crippen LogP contribution in [0, 0.1) is 5.41 Å². The van der Waals surface area contributed by atoms with E-state index in [-0.39, 0.29) is 0 Å². The van der Waals surface area contributed by atoms with E-state index in [1.165, 1.54) is 103 Å². The third-order valence-electron chi connectivity index (χ3n) is 6.16. The molecule has 0 bridgehead atoms. The maximum absolute atomic E-state index is 3.49. The molecule has 2 nitrogen and oxygen atoms in total. The Hall–Kier alpha value is -0.0800. The molecule has 130 valence electrons. The fraction of sp³-hybridized carbons (Fsp3) is 1.00. The van der Waals surface area contributed by atoms with Crippen molar-refractivity contribution >= 4 is 0 Å². The van der Waals surface area contributed by atoms with Crippen LogP contribution in [0.4, 0.5) is 0 Å². The zero-order valence-corrected chi connectivity index (χ0v) is 15.3. The van der Waals surface area contributed by atoms with E-state index in [4.69, 9.17) is 0 Å². The summed E-state index contributed by atoms with van der Waals surface area (Å²) in [6.45, 7) is 9.96. The van der Waals surface area contributed by atoms with E-state index in [0.717, 1.165) is 6.04 Å². The lowest BCUT2D eigenvalue weighted by Crippen LogP contribution is -2.59. The third kappa shape index (κ3) is 5.53. The Labute approximate surface area is 139 Å². The lowest BCUT2D eigenvalue weighted by Gasteiger charge is -2.50. The van der Waals surface area contributed by atoms with Crippen LogP contribution >= 0.6 is 0 Å². The highest BCUT2D eigenvalue weighted by Crippen LogP contribution is 2.36. The molecule has 1 N–H and O–H groups in total. The van der Waals surface area contributed by atoms with Gasteiger partial charge in [0.1, 0.15) is 0 Å². The van der Waals surface area contributed by atoms with Crippen molar-refractivity contribution in [2.24, 2.45) is 5.41 Å². The first-order chi connectivity index (χ1) is 10.8. The first kappa shape index (κ1) is 18.3. The second-order valence-electron chi connectivity index (χ2n) is 7.99. The summed E-state index contributed by atoms with van der Waals surface area (Å²) in [7, 11) is 0. The largest absolute Gasteiger partial charge is 0.316 e. The van der Waals surface area contributed by atoms with E-state index < -0.39 is 0 Å². The van der Waals surface area contributed by atoms with Crippen molar-refractivity contribution in [2.75, 3.05) is 26.2 Å². The van der Waals surface area contributed by atoms with Gasteiger partial charge in [-0.25, -0.2) is 0 Å². The van der Waals surface area contributed by atoms with Crippen LogP contribution in [0.25, 0.3) is 0 Å². The summed E-state index contributed by atoms with van der Waals surface area (Å²) in [6, 6.07) is 0.888. The number of nitrogens with zero attached hydrogens (tertiary/aromatic N) is 1. The number of hydrogen-bond acceptors (Lipinski definition) is 2. The molecule has 0 amide bonds. The Morgan fingerprint density at radius 2 is 1.36 bits per heavy atom. The Bertz CT molecular complexity index is 263. The fourth-order valence-corrected chi connectivity index (χ4v) is 4.32. The van der Waals surface area contributed by atoms with Crippen molar-refractivity contribution in [1.29, 1.82) is 0 Å². The molecule has 2 aliphatic heterocycles. The number of unbranched alkanes of at least 4 members (excludes halogenated alkanes) is 6. The minimum atomic E-state index is 0.700. The first-order valence-electron chi connectivity index (χ1n) is 10.2. The molecule has 0 radical (unpaired) electrons. The van der Waals surface area contributed by atoms with E-state index in [9.17, 15) is 0 Å². The summed E-state index contributed by atoms with van der Waals surface area (Å²) < 4.78 is 0. The molecular formula is C20H40N2. The standard InChI is InChI=1S/C20H40N2/c1-3-5-7-9-11-19(12-10-8-6-4-2)22-15-13-20(14-16-22)17-21-18-20/h19,21H,3-18H2,1-2H3. The maximum atomic E-state index is 3.49. The maximum Gasteiger partial charge on any atom is 0.00952 e. The second-order valence-corrected chi connectivity index (χ2v) is 7.99. The highest BCUT2D eigenvalue weighted by molar-refractivity contribution is 4.96. The molecule has 2 fully saturated rings. The van der Waals surface area contributed by atoms with Gasteiger partial charge in [0.15, 0.2) is 0 Å². The van der Waals surface area contributed by atoms with Crippen LogP contribution in [0.3, 0.4) is 0 Å². The van der Waals surface area contributed by atoms with Crippen molar-refractivity contribution in [3.8, 4) is 0 Å². The van der Waals surface area contributed by atoms with E-state index in [1.54, 1.807) is 0 Å². The summed E-state index contributed by atoms with van der Waals surface area (Å²) in [5.74, 6) is 0. The van der Waals surface area contributed by atoms with Gasteiger partial charge in [0.05, 0.1) is 0 Å². The lowest BCUT2D eigenvalue weighted by molar-refractivity contribution is 0.0295. The van der Waals surface area contributed by atoms with Gasteiger partial charge in [-0.05, 0) is 44.2 Å². The molecule has 0 aromatic rings. The summed E-state index contributed by atoms with van der Waals surface area (Å²) in [4.78, 5) is 2.86. The highest BCUT2D eigenvalue weighted by atomic mass is 15.2. The first-order valence-corrected chi connectivity index (χ1v) is 10.2. The number of likely N-dealkylation sites (tertiary alicyclic amines) is 1. The Kier molecular flexibility index (Phi) is 8.24. The molecule has 0 aliphatic carbocycles. The quantitative estimate of drug-likeness (QED) is 0.541. The van der Waals surface area contributed by atoms with E-state index in [1.807, 2.05) is 0 Å². The van der Waals surface area contributed by atoms with Gasteiger partial charge in [-0.2, -0.15) is 0 Å². The van der Waals surface area contributed by atoms with Crippen LogP contribution in [0.5, 0.6) is 0 Å². The smallest absolute Gasteiger partial charge is 0.00952 e. The minimum absolute atomic E-state index is 0.700. The summed E-state index contributed by atoms with van der Waals surface area (Å²) >= 11 is 0. The van der Waals surface area contributed by atoms with Crippen LogP contribution in [-0.2, 0) is 0 Å². The molecule has 2 aliphatic rings. The van der Waals surface area contributed by atoms with Gasteiger partial charge in [0.25, 0.3) is 0 Å². The molecule has 2 rings (SSSR count). The minimum Gasteiger partial charge on any atom is -0.316 e. The zero-order valence-electron chi connectivity index (χ0n) is 15.3. The molecule has 22 heavy (non-hydrogen) atoms. The van der Waals surface area contributed by atoms with Crippen molar-refractivity contribution < 1.29 is 0 Å². The monoisotopic (exact) mass is 308 g/mol. The van der Waals surface area contributed by atoms with Crippen LogP contribution in [0.15, 0.2) is 0 Å². The summed E-state index contributed by atoms with van der Waals surface area (Å²) in [6.07, 6.45) is 17.2. The van der Waals surface area contributed by atoms with Crippen LogP contribution in [0.1, 0.15) is 90.9 Å². The molecule has 0 atom stereocenters. The number of rotatable bonds is 11. The topological polar surface area (TPSA) is 15.3 Å². The number of piperidine rings is 1. The normalized spacial score (nSPS) is 21.4. The summed E-state index contributed by atoms with van der Waals surface area (Å²) in [5, 5.41) is 3.49. The molecule has 0 aromatic carbocycles. The average molecular weight is 309 g/mol. The summed E-state index contributed by atoms with van der Waals surface area (Å²) in [5.41, 5.74) is 0.700. The Morgan fingerprint density at radius 1 is 0.818 bits per heavy atom. The van der Waals surface area contributed by atoms with E-state index >= 15 is 0 Å². The molecule has 2 heteroatoms. The van der Waals surface area contributed by atoms with Crippen molar-refractivity contribution in [1.82, 2.24) is 10.2 Å². The van der Waals surface area contributed by atoms with Gasteiger partial charge in [-0.15, -0.1) is 0 Å². The fourth-order valence-electron chi connectivity index (χ4n) is 4.32. The second kappa shape index (κ2) is 9.93. The number of nitrogens with one attached hydrogen (secondary N) is 1. The SMILES string of the molecule is CCCCCCC(CCCCCC)N1CCC2(CC1)CNC2. The van der Waals surface area contributed by atoms with Crippen molar-refractivity contribution in [3.05, 3.63) is 0 Å². The van der Waals surface area contributed by atoms with Gasteiger partial charge in [-0.1, -0.05) is 65.2 Å². The highest BCUT2D eigenvalue weighted by Gasteiger charge is 2.40. The number of hydrogen-bond donors (Lipinski definition) is 1. The van der Waals surface area contributed by atoms with Crippen molar-refractivity contribution in [2.45, 2.75) is 96.9 Å². The Balaban J connectivity index is 1.72. The molecular weight excluding hydrogens is 268 g/mol. The predicted octanol–water partition coefficient (Wildman–Crippen LogP) is 4.98. The third-order valence-corrected chi connectivity index (χ3v) is 6.16. The predicted molar refractivity (Wildman–Crippen MR) is 97.4 cm³/mol. The molecule has 1 spiro atoms. The molecule has 0 saturated carbocycles. The zero-order chi connectivity index (χ0) is 15.7. The van der Waals surface area contributed by atoms with Gasteiger partial charge in [0, 0.05) is 19.1 Å². The van der Waals surface area contributed by atoms with Gasteiger partial charge >= 0.3 is 0 Å². The van der Waals surface area contributed by atoms with Crippen molar-refractivity contribution in [3.63, 3.8) is 0 Å². The van der Waals surface area contributed by atoms with Gasteiger partial charge in [0.2, 0.25) is 0 Å². The van der Waals surface area contributed by atoms with Crippen LogP contribution in [0.2, 0.25) is 0 Å². The van der Waals surface area contributed by atoms with Crippen LogP contribution < -0.4 is 5.32 Å². The molecule has 2 saturated heterocycles. The molecule has 0 unspecified atom stereocenters. The molecule has 0 aromatic heterocycles. The van der Waals surface area contributed by atoms with Gasteiger partial charge < -0.3 is 10.2 Å². The van der Waals surface area contributed by atoms with E-state index in [0.29, 0.717) is 5.41 Å². The van der Waals surface area contributed by atoms with Crippen LogP contribution in [-0.4, -0.2) is 37.1 Å². The molecule has 2 heterocycles. The Morgan fingerprint density at radius 3 is 1.77 bits per heavy atom. The average Bonchev–Trinajstić information content (AvgIpc) is 2.52. The lowest BCUT2D eigenvalue weighted by atomic mass is 9.73. The van der Waals surface area contributed by atoms with E-state index in [2.05, 4.69) is 24.1 Å².